The molecule has 8 aromatic rings. The smallest absolute Gasteiger partial charge is 0.154 e. The Labute approximate surface area is 278 Å². The van der Waals surface area contributed by atoms with Gasteiger partial charge in [-0.3, -0.25) is 4.58 Å². The summed E-state index contributed by atoms with van der Waals surface area (Å²) in [5.74, 6) is 0.984. The minimum absolute atomic E-state index is 0.0764. The molecular formula is C44H31N3O. The van der Waals surface area contributed by atoms with Crippen molar-refractivity contribution in [2.45, 2.75) is 19.0 Å². The van der Waals surface area contributed by atoms with Crippen LogP contribution >= 0.6 is 0 Å². The number of rotatable bonds is 5. The average molecular weight is 618 g/mol. The van der Waals surface area contributed by atoms with Crippen molar-refractivity contribution < 1.29 is 8.99 Å². The number of hydrogen-bond acceptors (Lipinski definition) is 1. The number of hydrogen-bond donors (Lipinski definition) is 0. The van der Waals surface area contributed by atoms with Gasteiger partial charge < -0.3 is 8.98 Å². The number of benzene rings is 6. The molecule has 0 N–H and O–H groups in total. The van der Waals surface area contributed by atoms with Gasteiger partial charge in [0.05, 0.1) is 5.52 Å². The van der Waals surface area contributed by atoms with Gasteiger partial charge in [-0.1, -0.05) is 115 Å². The molecule has 0 radical (unpaired) electrons. The van der Waals surface area contributed by atoms with Gasteiger partial charge in [0.1, 0.15) is 17.0 Å². The fourth-order valence-electron chi connectivity index (χ4n) is 7.56. The van der Waals surface area contributed by atoms with Crippen LogP contribution in [0.15, 0.2) is 156 Å². The van der Waals surface area contributed by atoms with Gasteiger partial charge in [-0.25, -0.2) is 5.32 Å². The predicted molar refractivity (Wildman–Crippen MR) is 196 cm³/mol. The molecule has 0 amide bonds. The van der Waals surface area contributed by atoms with Crippen LogP contribution in [-0.2, 0) is 6.42 Å². The molecule has 1 aliphatic carbocycles. The molecule has 0 fully saturated rings. The Morgan fingerprint density at radius 1 is 0.625 bits per heavy atom. The van der Waals surface area contributed by atoms with E-state index in [1.165, 1.54) is 44.2 Å². The molecule has 4 heteroatoms. The van der Waals surface area contributed by atoms with E-state index in [0.717, 1.165) is 52.2 Å². The van der Waals surface area contributed by atoms with Crippen molar-refractivity contribution in [2.24, 2.45) is 0 Å². The van der Waals surface area contributed by atoms with E-state index in [1.807, 2.05) is 6.07 Å². The second-order valence-corrected chi connectivity index (χ2v) is 12.7. The number of fused-ring (bicyclic) bond motifs is 6. The number of amidine groups is 1. The van der Waals surface area contributed by atoms with Crippen molar-refractivity contribution in [1.29, 1.82) is 0 Å². The van der Waals surface area contributed by atoms with E-state index in [-0.39, 0.29) is 6.17 Å². The lowest BCUT2D eigenvalue weighted by Crippen LogP contribution is -2.33. The highest BCUT2D eigenvalue weighted by Crippen LogP contribution is 2.42. The van der Waals surface area contributed by atoms with Crippen LogP contribution in [0.1, 0.15) is 35.0 Å². The third-order valence-electron chi connectivity index (χ3n) is 9.89. The molecule has 6 aromatic carbocycles. The topological polar surface area (TPSA) is 35.2 Å². The largest absolute Gasteiger partial charge is 0.456 e. The predicted octanol–water partition coefficient (Wildman–Crippen LogP) is 11.3. The standard InChI is InChI=1S/C44H31N3O/c1-3-11-29(12-4-1)30-19-21-32(22-20-30)44-45-43(31-13-5-2-6-14-31)47(44)34-25-23-33(24-26-34)46-39-17-9-7-15-35(39)37-27-38-36-16-8-10-18-41(36)48-42(38)28-40(37)46/h1-8,10-16,18-28,43H,9,17H2. The third kappa shape index (κ3) is 4.19. The first-order valence-electron chi connectivity index (χ1n) is 16.6. The molecule has 0 bridgehead atoms. The van der Waals surface area contributed by atoms with Crippen LogP contribution < -0.4 is 0 Å². The van der Waals surface area contributed by atoms with E-state index >= 15 is 0 Å². The van der Waals surface area contributed by atoms with Gasteiger partial charge in [0, 0.05) is 50.4 Å². The monoisotopic (exact) mass is 617 g/mol. The van der Waals surface area contributed by atoms with Crippen molar-refractivity contribution in [1.82, 2.24) is 4.57 Å². The van der Waals surface area contributed by atoms with Crippen LogP contribution in [0, 0.1) is 0 Å². The lowest BCUT2D eigenvalue weighted by atomic mass is 10.0. The number of furan rings is 1. The van der Waals surface area contributed by atoms with Gasteiger partial charge in [0.15, 0.2) is 6.17 Å². The Kier molecular flexibility index (Phi) is 6.03. The normalized spacial score (nSPS) is 15.5. The molecule has 0 saturated heterocycles. The van der Waals surface area contributed by atoms with Crippen LogP contribution in [0.4, 0.5) is 5.69 Å². The van der Waals surface area contributed by atoms with Crippen LogP contribution in [0.3, 0.4) is 0 Å². The van der Waals surface area contributed by atoms with Crippen molar-refractivity contribution in [3.63, 3.8) is 0 Å². The van der Waals surface area contributed by atoms with Crippen LogP contribution in [-0.4, -0.2) is 15.0 Å². The maximum absolute atomic E-state index is 6.35. The average Bonchev–Trinajstić information content (AvgIpc) is 3.66. The minimum Gasteiger partial charge on any atom is -0.456 e. The Morgan fingerprint density at radius 2 is 1.33 bits per heavy atom. The van der Waals surface area contributed by atoms with E-state index in [1.54, 1.807) is 0 Å². The molecule has 2 aromatic heterocycles. The zero-order valence-corrected chi connectivity index (χ0v) is 26.3. The summed E-state index contributed by atoms with van der Waals surface area (Å²) in [6.07, 6.45) is 6.56. The summed E-state index contributed by atoms with van der Waals surface area (Å²) in [6.45, 7) is 0. The molecule has 1 atom stereocenters. The maximum atomic E-state index is 6.35. The SMILES string of the molecule is C1=Cc2c(n(-c3ccc([N+]4=C(c5ccc(-c6ccccc6)cc5)[N-]C4c4ccccc4)cc3)c3cc4oc5ccccc5c4cc23)CC1. The lowest BCUT2D eigenvalue weighted by Gasteiger charge is -2.37. The molecule has 0 saturated carbocycles. The molecule has 1 aliphatic heterocycles. The first kappa shape index (κ1) is 27.0. The van der Waals surface area contributed by atoms with E-state index in [0.29, 0.717) is 0 Å². The lowest BCUT2D eigenvalue weighted by molar-refractivity contribution is -0.501. The Hall–Kier alpha value is -6.13. The number of allylic oxidation sites excluding steroid dienone is 1. The maximum Gasteiger partial charge on any atom is 0.154 e. The Balaban J connectivity index is 1.09. The van der Waals surface area contributed by atoms with Crippen LogP contribution in [0.5, 0.6) is 0 Å². The summed E-state index contributed by atoms with van der Waals surface area (Å²) < 4.78 is 11.1. The first-order valence-corrected chi connectivity index (χ1v) is 16.6. The Morgan fingerprint density at radius 3 is 2.15 bits per heavy atom. The second kappa shape index (κ2) is 10.7. The third-order valence-corrected chi connectivity index (χ3v) is 9.89. The molecular weight excluding hydrogens is 587 g/mol. The van der Waals surface area contributed by atoms with E-state index in [4.69, 9.17) is 9.73 Å². The summed E-state index contributed by atoms with van der Waals surface area (Å²) in [5.41, 5.74) is 12.7. The zero-order valence-electron chi connectivity index (χ0n) is 26.3. The van der Waals surface area contributed by atoms with Crippen molar-refractivity contribution in [3.05, 3.63) is 179 Å². The van der Waals surface area contributed by atoms with E-state index < -0.39 is 0 Å². The highest BCUT2D eigenvalue weighted by molar-refractivity contribution is 6.12. The molecule has 228 valence electrons. The Bertz CT molecular complexity index is 2550. The van der Waals surface area contributed by atoms with Crippen molar-refractivity contribution in [3.8, 4) is 16.8 Å². The molecule has 3 heterocycles. The summed E-state index contributed by atoms with van der Waals surface area (Å²) in [6, 6.07) is 51.7. The molecule has 48 heavy (non-hydrogen) atoms. The fourth-order valence-corrected chi connectivity index (χ4v) is 7.56. The highest BCUT2D eigenvalue weighted by Gasteiger charge is 2.32. The van der Waals surface area contributed by atoms with Crippen molar-refractivity contribution >= 4 is 50.4 Å². The van der Waals surface area contributed by atoms with Crippen LogP contribution in [0.2, 0.25) is 0 Å². The summed E-state index contributed by atoms with van der Waals surface area (Å²) in [7, 11) is 0. The van der Waals surface area contributed by atoms with Gasteiger partial charge >= 0.3 is 0 Å². The molecule has 0 spiro atoms. The summed E-state index contributed by atoms with van der Waals surface area (Å²) in [5, 5.41) is 8.76. The summed E-state index contributed by atoms with van der Waals surface area (Å²) >= 11 is 0. The van der Waals surface area contributed by atoms with Gasteiger partial charge in [-0.15, -0.1) is 0 Å². The summed E-state index contributed by atoms with van der Waals surface area (Å²) in [4.78, 5) is 0. The van der Waals surface area contributed by atoms with Crippen molar-refractivity contribution in [2.75, 3.05) is 0 Å². The van der Waals surface area contributed by atoms with Gasteiger partial charge in [-0.2, -0.15) is 0 Å². The quantitative estimate of drug-likeness (QED) is 0.177. The fraction of sp³-hybridized carbons (Fsp3) is 0.0682. The molecule has 4 nitrogen and oxygen atoms in total. The minimum atomic E-state index is -0.0764. The first-order chi connectivity index (χ1) is 23.8. The molecule has 10 rings (SSSR count). The number of nitrogens with zero attached hydrogens (tertiary/aromatic N) is 3. The molecule has 1 unspecified atom stereocenters. The number of aromatic nitrogens is 1. The highest BCUT2D eigenvalue weighted by atomic mass is 16.3. The second-order valence-electron chi connectivity index (χ2n) is 12.7. The molecule has 2 aliphatic rings. The van der Waals surface area contributed by atoms with E-state index in [2.05, 4.69) is 161 Å². The zero-order chi connectivity index (χ0) is 31.6. The van der Waals surface area contributed by atoms with Crippen LogP contribution in [0.25, 0.3) is 61.0 Å². The van der Waals surface area contributed by atoms with E-state index in [9.17, 15) is 0 Å². The number of para-hydroxylation sites is 1. The van der Waals surface area contributed by atoms with Gasteiger partial charge in [0.25, 0.3) is 0 Å². The van der Waals surface area contributed by atoms with Gasteiger partial charge in [0.2, 0.25) is 0 Å². The van der Waals surface area contributed by atoms with Gasteiger partial charge in [-0.05, 0) is 65.9 Å².